The Bertz CT molecular complexity index is 679. The lowest BCUT2D eigenvalue weighted by molar-refractivity contribution is 0.0931. The molecule has 0 spiro atoms. The number of sulfonamides is 1. The molecule has 2 heterocycles. The summed E-state index contributed by atoms with van der Waals surface area (Å²) in [7, 11) is -2.72. The van der Waals surface area contributed by atoms with Crippen LogP contribution < -0.4 is 15.2 Å². The van der Waals surface area contributed by atoms with E-state index in [9.17, 15) is 13.2 Å². The fourth-order valence-corrected chi connectivity index (χ4v) is 3.05. The molecule has 1 aliphatic heterocycles. The molecule has 1 amide bonds. The summed E-state index contributed by atoms with van der Waals surface area (Å²) in [5.74, 6) is -0.587. The third kappa shape index (κ3) is 4.15. The van der Waals surface area contributed by atoms with Gasteiger partial charge in [-0.15, -0.1) is 0 Å². The van der Waals surface area contributed by atoms with E-state index in [4.69, 9.17) is 9.88 Å². The fraction of sp³-hybridized carbons (Fsp3) is 0.615. The number of rotatable bonds is 6. The van der Waals surface area contributed by atoms with E-state index in [0.717, 1.165) is 32.1 Å². The molecule has 0 aliphatic carbocycles. The van der Waals surface area contributed by atoms with Crippen LogP contribution in [-0.2, 0) is 10.0 Å². The maximum Gasteiger partial charge on any atom is 0.275 e. The molecule has 1 saturated heterocycles. The molecule has 1 aromatic heterocycles. The summed E-state index contributed by atoms with van der Waals surface area (Å²) in [6.07, 6.45) is 3.06. The highest BCUT2D eigenvalue weighted by atomic mass is 32.2. The minimum absolute atomic E-state index is 0.0475. The van der Waals surface area contributed by atoms with Gasteiger partial charge in [0.2, 0.25) is 5.88 Å². The molecule has 1 unspecified atom stereocenters. The first-order valence-electron chi connectivity index (χ1n) is 7.33. The van der Waals surface area contributed by atoms with Gasteiger partial charge in [-0.1, -0.05) is 6.92 Å². The molecule has 1 aromatic rings. The third-order valence-electron chi connectivity index (χ3n) is 3.82. The first-order valence-corrected chi connectivity index (χ1v) is 8.87. The van der Waals surface area contributed by atoms with Crippen molar-refractivity contribution in [2.75, 3.05) is 26.7 Å². The standard InChI is InChI=1S/C13H21N5O4S/c1-3-18-6-4-5-9(18)7-15-12(19)11-13(22-2)16-8-10(17-11)23(14,20)21/h8-9H,3-7H2,1-2H3,(H,15,19)(H2,14,20,21). The Balaban J connectivity index is 2.14. The highest BCUT2D eigenvalue weighted by molar-refractivity contribution is 7.89. The number of primary sulfonamides is 1. The molecular weight excluding hydrogens is 322 g/mol. The zero-order valence-electron chi connectivity index (χ0n) is 13.2. The molecule has 0 radical (unpaired) electrons. The van der Waals surface area contributed by atoms with E-state index < -0.39 is 21.0 Å². The maximum absolute atomic E-state index is 12.3. The second kappa shape index (κ2) is 7.20. The number of amides is 1. The van der Waals surface area contributed by atoms with Gasteiger partial charge >= 0.3 is 0 Å². The fourth-order valence-electron chi connectivity index (χ4n) is 2.63. The van der Waals surface area contributed by atoms with Crippen LogP contribution >= 0.6 is 0 Å². The van der Waals surface area contributed by atoms with Crippen LogP contribution in [0.15, 0.2) is 11.2 Å². The number of hydrogen-bond acceptors (Lipinski definition) is 7. The lowest BCUT2D eigenvalue weighted by Crippen LogP contribution is -2.40. The molecular formula is C13H21N5O4S. The summed E-state index contributed by atoms with van der Waals surface area (Å²) in [5, 5.41) is 7.30. The number of ether oxygens (including phenoxy) is 1. The van der Waals surface area contributed by atoms with Crippen molar-refractivity contribution in [3.8, 4) is 5.88 Å². The smallest absolute Gasteiger partial charge is 0.275 e. The van der Waals surface area contributed by atoms with Crippen molar-refractivity contribution >= 4 is 15.9 Å². The quantitative estimate of drug-likeness (QED) is 0.702. The Kier molecular flexibility index (Phi) is 5.50. The SMILES string of the molecule is CCN1CCCC1CNC(=O)c1nc(S(N)(=O)=O)cnc1OC. The van der Waals surface area contributed by atoms with Crippen LogP contribution in [0.1, 0.15) is 30.3 Å². The lowest BCUT2D eigenvalue weighted by atomic mass is 10.2. The van der Waals surface area contributed by atoms with Crippen molar-refractivity contribution < 1.29 is 17.9 Å². The van der Waals surface area contributed by atoms with E-state index in [1.807, 2.05) is 0 Å². The summed E-state index contributed by atoms with van der Waals surface area (Å²) < 4.78 is 27.7. The van der Waals surface area contributed by atoms with E-state index in [1.165, 1.54) is 7.11 Å². The minimum atomic E-state index is -4.04. The van der Waals surface area contributed by atoms with E-state index in [2.05, 4.69) is 27.1 Å². The van der Waals surface area contributed by atoms with Crippen LogP contribution in [0.3, 0.4) is 0 Å². The largest absolute Gasteiger partial charge is 0.479 e. The summed E-state index contributed by atoms with van der Waals surface area (Å²) in [6.45, 7) is 4.47. The Hall–Kier alpha value is -1.78. The summed E-state index contributed by atoms with van der Waals surface area (Å²) in [4.78, 5) is 22.1. The Morgan fingerprint density at radius 3 is 2.91 bits per heavy atom. The molecule has 0 bridgehead atoms. The Morgan fingerprint density at radius 2 is 2.30 bits per heavy atom. The second-order valence-electron chi connectivity index (χ2n) is 5.25. The van der Waals surface area contributed by atoms with Crippen LogP contribution in [0.5, 0.6) is 5.88 Å². The number of aromatic nitrogens is 2. The Labute approximate surface area is 135 Å². The maximum atomic E-state index is 12.3. The highest BCUT2D eigenvalue weighted by Gasteiger charge is 2.25. The molecule has 23 heavy (non-hydrogen) atoms. The highest BCUT2D eigenvalue weighted by Crippen LogP contribution is 2.17. The van der Waals surface area contributed by atoms with Gasteiger partial charge in [-0.3, -0.25) is 9.69 Å². The number of carbonyl (C=O) groups excluding carboxylic acids is 1. The average Bonchev–Trinajstić information content (AvgIpc) is 2.98. The second-order valence-corrected chi connectivity index (χ2v) is 6.75. The first-order chi connectivity index (χ1) is 10.9. The van der Waals surface area contributed by atoms with Crippen LogP contribution in [0.25, 0.3) is 0 Å². The van der Waals surface area contributed by atoms with Gasteiger partial charge in [0.1, 0.15) is 0 Å². The molecule has 1 atom stereocenters. The van der Waals surface area contributed by atoms with Crippen LogP contribution in [0, 0.1) is 0 Å². The lowest BCUT2D eigenvalue weighted by Gasteiger charge is -2.22. The number of nitrogens with one attached hydrogen (secondary N) is 1. The molecule has 0 aromatic carbocycles. The number of nitrogens with two attached hydrogens (primary N) is 1. The van der Waals surface area contributed by atoms with Gasteiger partial charge in [0.15, 0.2) is 10.7 Å². The third-order valence-corrected chi connectivity index (χ3v) is 4.60. The first kappa shape index (κ1) is 17.6. The molecule has 128 valence electrons. The molecule has 0 saturated carbocycles. The Morgan fingerprint density at radius 1 is 1.57 bits per heavy atom. The van der Waals surface area contributed by atoms with Crippen molar-refractivity contribution in [3.63, 3.8) is 0 Å². The van der Waals surface area contributed by atoms with Crippen molar-refractivity contribution in [1.29, 1.82) is 0 Å². The van der Waals surface area contributed by atoms with E-state index in [0.29, 0.717) is 6.54 Å². The van der Waals surface area contributed by atoms with Crippen molar-refractivity contribution in [1.82, 2.24) is 20.2 Å². The van der Waals surface area contributed by atoms with Gasteiger partial charge in [0.25, 0.3) is 15.9 Å². The van der Waals surface area contributed by atoms with Crippen LogP contribution in [0.2, 0.25) is 0 Å². The number of methoxy groups -OCH3 is 1. The predicted octanol–water partition coefficient (Wildman–Crippen LogP) is -0.653. The van der Waals surface area contributed by atoms with Gasteiger partial charge < -0.3 is 10.1 Å². The number of carbonyl (C=O) groups is 1. The zero-order valence-corrected chi connectivity index (χ0v) is 14.0. The van der Waals surface area contributed by atoms with Crippen molar-refractivity contribution in [3.05, 3.63) is 11.9 Å². The van der Waals surface area contributed by atoms with Crippen LogP contribution in [-0.4, -0.2) is 62.0 Å². The number of hydrogen-bond donors (Lipinski definition) is 2. The number of nitrogens with zero attached hydrogens (tertiary/aromatic N) is 3. The van der Waals surface area contributed by atoms with Crippen LogP contribution in [0.4, 0.5) is 0 Å². The summed E-state index contributed by atoms with van der Waals surface area (Å²) in [5.41, 5.74) is -0.194. The zero-order chi connectivity index (χ0) is 17.0. The minimum Gasteiger partial charge on any atom is -0.479 e. The van der Waals surface area contributed by atoms with Crippen molar-refractivity contribution in [2.45, 2.75) is 30.8 Å². The van der Waals surface area contributed by atoms with Gasteiger partial charge in [-0.2, -0.15) is 0 Å². The van der Waals surface area contributed by atoms with Gasteiger partial charge in [-0.25, -0.2) is 23.5 Å². The average molecular weight is 343 g/mol. The molecule has 1 fully saturated rings. The molecule has 9 nitrogen and oxygen atoms in total. The van der Waals surface area contributed by atoms with E-state index in [-0.39, 0.29) is 17.6 Å². The molecule has 2 rings (SSSR count). The van der Waals surface area contributed by atoms with Gasteiger partial charge in [0, 0.05) is 12.6 Å². The normalized spacial score (nSPS) is 18.8. The monoisotopic (exact) mass is 343 g/mol. The predicted molar refractivity (Wildman–Crippen MR) is 82.6 cm³/mol. The van der Waals surface area contributed by atoms with Gasteiger partial charge in [-0.05, 0) is 25.9 Å². The molecule has 1 aliphatic rings. The molecule has 3 N–H and O–H groups in total. The molecule has 10 heteroatoms. The number of likely N-dealkylation sites (tertiary alicyclic amines) is 1. The number of likely N-dealkylation sites (N-methyl/N-ethyl adjacent to an activating group) is 1. The van der Waals surface area contributed by atoms with E-state index in [1.54, 1.807) is 0 Å². The van der Waals surface area contributed by atoms with Crippen molar-refractivity contribution in [2.24, 2.45) is 5.14 Å². The topological polar surface area (TPSA) is 128 Å². The van der Waals surface area contributed by atoms with Gasteiger partial charge in [0.05, 0.1) is 13.3 Å². The van der Waals surface area contributed by atoms with E-state index >= 15 is 0 Å². The summed E-state index contributed by atoms with van der Waals surface area (Å²) >= 11 is 0. The summed E-state index contributed by atoms with van der Waals surface area (Å²) in [6, 6.07) is 0.268.